The summed E-state index contributed by atoms with van der Waals surface area (Å²) >= 11 is 2.83. The molecule has 1 atom stereocenters. The number of carbonyl (C=O) groups excluding carboxylic acids is 1. The van der Waals surface area contributed by atoms with Crippen LogP contribution in [0.3, 0.4) is 0 Å². The molecule has 0 aliphatic carbocycles. The smallest absolute Gasteiger partial charge is 0.355 e. The molecule has 0 bridgehead atoms. The fourth-order valence-electron chi connectivity index (χ4n) is 3.15. The zero-order valence-corrected chi connectivity index (χ0v) is 16.8. The van der Waals surface area contributed by atoms with E-state index in [1.807, 2.05) is 17.0 Å². The zero-order chi connectivity index (χ0) is 19.2. The van der Waals surface area contributed by atoms with Gasteiger partial charge in [0.15, 0.2) is 10.0 Å². The van der Waals surface area contributed by atoms with Crippen molar-refractivity contribution in [3.63, 3.8) is 0 Å². The van der Waals surface area contributed by atoms with Crippen LogP contribution in [-0.2, 0) is 11.3 Å². The van der Waals surface area contributed by atoms with Crippen molar-refractivity contribution < 1.29 is 14.7 Å². The van der Waals surface area contributed by atoms with Gasteiger partial charge in [-0.05, 0) is 24.5 Å². The normalized spacial score (nSPS) is 16.9. The van der Waals surface area contributed by atoms with Crippen molar-refractivity contribution in [3.05, 3.63) is 46.5 Å². The highest BCUT2D eigenvalue weighted by molar-refractivity contribution is 8.01. The van der Waals surface area contributed by atoms with Crippen molar-refractivity contribution in [2.75, 3.05) is 18.8 Å². The number of hydrogen-bond donors (Lipinski definition) is 2. The van der Waals surface area contributed by atoms with Crippen molar-refractivity contribution in [2.24, 2.45) is 0 Å². The number of benzene rings is 1. The summed E-state index contributed by atoms with van der Waals surface area (Å²) in [7, 11) is 0. The molecule has 1 aliphatic rings. The molecule has 0 radical (unpaired) electrons. The van der Waals surface area contributed by atoms with Crippen molar-refractivity contribution in [1.82, 2.24) is 15.2 Å². The molecule has 2 N–H and O–H groups in total. The Morgan fingerprint density at radius 2 is 2.26 bits per heavy atom. The number of rotatable bonds is 9. The molecule has 3 rings (SSSR count). The molecule has 27 heavy (non-hydrogen) atoms. The lowest BCUT2D eigenvalue weighted by Crippen LogP contribution is -2.41. The van der Waals surface area contributed by atoms with Gasteiger partial charge in [-0.15, -0.1) is 11.3 Å². The van der Waals surface area contributed by atoms with Gasteiger partial charge in [-0.25, -0.2) is 9.78 Å². The van der Waals surface area contributed by atoms with Gasteiger partial charge in [-0.1, -0.05) is 36.0 Å². The summed E-state index contributed by atoms with van der Waals surface area (Å²) in [5, 5.41) is 14.0. The molecule has 0 saturated carbocycles. The quantitative estimate of drug-likeness (QED) is 0.624. The average Bonchev–Trinajstić information content (AvgIpc) is 3.25. The lowest BCUT2D eigenvalue weighted by Gasteiger charge is -2.25. The number of likely N-dealkylation sites (tertiary alicyclic amines) is 1. The summed E-state index contributed by atoms with van der Waals surface area (Å²) in [5.41, 5.74) is 2.63. The first-order valence-electron chi connectivity index (χ1n) is 8.91. The number of aryl methyl sites for hydroxylation is 1. The van der Waals surface area contributed by atoms with E-state index in [2.05, 4.69) is 29.4 Å². The summed E-state index contributed by atoms with van der Waals surface area (Å²) in [6.45, 7) is 4.35. The third kappa shape index (κ3) is 5.31. The fourth-order valence-corrected chi connectivity index (χ4v) is 4.96. The summed E-state index contributed by atoms with van der Waals surface area (Å²) in [4.78, 5) is 29.1. The minimum Gasteiger partial charge on any atom is -0.476 e. The van der Waals surface area contributed by atoms with E-state index in [0.29, 0.717) is 18.7 Å². The van der Waals surface area contributed by atoms with Crippen LogP contribution in [-0.4, -0.2) is 51.8 Å². The summed E-state index contributed by atoms with van der Waals surface area (Å²) in [6, 6.07) is 8.52. The molecule has 144 valence electrons. The van der Waals surface area contributed by atoms with E-state index in [0.717, 1.165) is 23.8 Å². The van der Waals surface area contributed by atoms with E-state index in [4.69, 9.17) is 5.11 Å². The summed E-state index contributed by atoms with van der Waals surface area (Å²) in [6.07, 6.45) is 1.48. The highest BCUT2D eigenvalue weighted by Crippen LogP contribution is 2.25. The minimum absolute atomic E-state index is 0.0815. The lowest BCUT2D eigenvalue weighted by atomic mass is 10.1. The van der Waals surface area contributed by atoms with Gasteiger partial charge in [0.1, 0.15) is 0 Å². The first-order valence-corrected chi connectivity index (χ1v) is 10.8. The van der Waals surface area contributed by atoms with Crippen LogP contribution in [0.2, 0.25) is 0 Å². The number of amides is 1. The number of nitrogens with zero attached hydrogens (tertiary/aromatic N) is 2. The molecule has 1 fully saturated rings. The van der Waals surface area contributed by atoms with Gasteiger partial charge in [-0.2, -0.15) is 0 Å². The molecule has 1 aliphatic heterocycles. The molecule has 1 aromatic heterocycles. The zero-order valence-electron chi connectivity index (χ0n) is 15.2. The second-order valence-corrected chi connectivity index (χ2v) is 8.69. The number of nitrogens with one attached hydrogen (secondary N) is 1. The number of carboxylic acids is 1. The topological polar surface area (TPSA) is 82.5 Å². The number of aromatic carboxylic acids is 1. The number of thiazole rings is 1. The Bertz CT molecular complexity index is 809. The van der Waals surface area contributed by atoms with Gasteiger partial charge in [-0.3, -0.25) is 4.79 Å². The van der Waals surface area contributed by atoms with Crippen molar-refractivity contribution in [2.45, 2.75) is 36.7 Å². The highest BCUT2D eigenvalue weighted by atomic mass is 32.2. The Morgan fingerprint density at radius 3 is 3.00 bits per heavy atom. The van der Waals surface area contributed by atoms with Crippen LogP contribution in [0.15, 0.2) is 34.0 Å². The maximum atomic E-state index is 12.2. The van der Waals surface area contributed by atoms with Crippen LogP contribution in [0.5, 0.6) is 0 Å². The van der Waals surface area contributed by atoms with Crippen LogP contribution in [0.1, 0.15) is 34.5 Å². The first-order chi connectivity index (χ1) is 13.0. The van der Waals surface area contributed by atoms with Crippen molar-refractivity contribution >= 4 is 35.0 Å². The Morgan fingerprint density at radius 1 is 1.44 bits per heavy atom. The molecule has 1 unspecified atom stereocenters. The van der Waals surface area contributed by atoms with Crippen LogP contribution in [0, 0.1) is 6.92 Å². The second-order valence-electron chi connectivity index (χ2n) is 6.49. The van der Waals surface area contributed by atoms with Crippen LogP contribution >= 0.6 is 23.1 Å². The van der Waals surface area contributed by atoms with Crippen LogP contribution in [0.4, 0.5) is 0 Å². The van der Waals surface area contributed by atoms with Crippen LogP contribution < -0.4 is 5.32 Å². The van der Waals surface area contributed by atoms with E-state index < -0.39 is 5.97 Å². The van der Waals surface area contributed by atoms with Gasteiger partial charge < -0.3 is 15.3 Å². The number of thioether (sulfide) groups is 1. The maximum absolute atomic E-state index is 12.2. The number of carboxylic acid groups (broad SMARTS) is 1. The molecule has 1 amide bonds. The third-order valence-corrected chi connectivity index (χ3v) is 6.67. The number of aromatic nitrogens is 1. The maximum Gasteiger partial charge on any atom is 0.355 e. The average molecular weight is 406 g/mol. The molecule has 0 spiro atoms. The Labute approximate surface area is 167 Å². The predicted molar refractivity (Wildman–Crippen MR) is 107 cm³/mol. The number of hydrogen-bond acceptors (Lipinski definition) is 6. The molecule has 2 aromatic rings. The fraction of sp³-hybridized carbons (Fsp3) is 0.421. The standard InChI is InChI=1S/C19H23N3O3S2/c1-13-4-2-3-5-14(13)10-20-11-15-6-7-17(23)22(15)8-9-26-19-21-16(12-27-19)18(24)25/h2-5,12,15,20H,6-11H2,1H3,(H,24,25). The van der Waals surface area contributed by atoms with E-state index in [1.165, 1.54) is 34.2 Å². The Hall–Kier alpha value is -1.90. The molecular formula is C19H23N3O3S2. The van der Waals surface area contributed by atoms with E-state index >= 15 is 0 Å². The van der Waals surface area contributed by atoms with Crippen molar-refractivity contribution in [3.8, 4) is 0 Å². The van der Waals surface area contributed by atoms with Gasteiger partial charge in [0.05, 0.1) is 0 Å². The molecule has 6 nitrogen and oxygen atoms in total. The Kier molecular flexibility index (Phi) is 6.87. The lowest BCUT2D eigenvalue weighted by molar-refractivity contribution is -0.128. The van der Waals surface area contributed by atoms with Crippen LogP contribution in [0.25, 0.3) is 0 Å². The molecular weight excluding hydrogens is 382 g/mol. The first kappa shape index (κ1) is 19.9. The highest BCUT2D eigenvalue weighted by Gasteiger charge is 2.30. The number of carbonyl (C=O) groups is 2. The monoisotopic (exact) mass is 405 g/mol. The Balaban J connectivity index is 1.46. The molecule has 2 heterocycles. The molecule has 8 heteroatoms. The minimum atomic E-state index is -1.01. The second kappa shape index (κ2) is 9.34. The van der Waals surface area contributed by atoms with Gasteiger partial charge in [0, 0.05) is 43.2 Å². The van der Waals surface area contributed by atoms with Gasteiger partial charge in [0.25, 0.3) is 0 Å². The SMILES string of the molecule is Cc1ccccc1CNCC1CCC(=O)N1CCSc1nc(C(=O)O)cs1. The summed E-state index contributed by atoms with van der Waals surface area (Å²) < 4.78 is 0.730. The third-order valence-electron chi connectivity index (χ3n) is 4.67. The van der Waals surface area contributed by atoms with E-state index in [9.17, 15) is 9.59 Å². The molecule has 1 saturated heterocycles. The molecule has 1 aromatic carbocycles. The van der Waals surface area contributed by atoms with E-state index in [1.54, 1.807) is 5.38 Å². The van der Waals surface area contributed by atoms with Gasteiger partial charge in [0.2, 0.25) is 5.91 Å². The predicted octanol–water partition coefficient (Wildman–Crippen LogP) is 3.02. The van der Waals surface area contributed by atoms with E-state index in [-0.39, 0.29) is 17.6 Å². The largest absolute Gasteiger partial charge is 0.476 e. The van der Waals surface area contributed by atoms with Gasteiger partial charge >= 0.3 is 5.97 Å². The van der Waals surface area contributed by atoms with Crippen molar-refractivity contribution in [1.29, 1.82) is 0 Å². The summed E-state index contributed by atoms with van der Waals surface area (Å²) in [5.74, 6) is -0.0941.